The lowest BCUT2D eigenvalue weighted by Crippen LogP contribution is -2.34. The Kier molecular flexibility index (Phi) is 4.47. The van der Waals surface area contributed by atoms with Gasteiger partial charge < -0.3 is 10.5 Å². The molecule has 1 unspecified atom stereocenters. The number of aryl methyl sites for hydroxylation is 1. The smallest absolute Gasteiger partial charge is 0.167 e. The number of nitrogens with zero attached hydrogens (tertiary/aromatic N) is 1. The summed E-state index contributed by atoms with van der Waals surface area (Å²) in [5, 5.41) is 8.72. The van der Waals surface area contributed by atoms with E-state index in [0.717, 1.165) is 0 Å². The highest BCUT2D eigenvalue weighted by molar-refractivity contribution is 5.29. The molecule has 0 amide bonds. The highest BCUT2D eigenvalue weighted by Gasteiger charge is 2.16. The molecule has 0 bridgehead atoms. The number of halogens is 1. The van der Waals surface area contributed by atoms with Crippen LogP contribution in [0.1, 0.15) is 25.3 Å². The van der Waals surface area contributed by atoms with Crippen molar-refractivity contribution in [3.63, 3.8) is 0 Å². The van der Waals surface area contributed by atoms with E-state index in [-0.39, 0.29) is 11.6 Å². The van der Waals surface area contributed by atoms with Crippen LogP contribution in [0.2, 0.25) is 0 Å². The summed E-state index contributed by atoms with van der Waals surface area (Å²) in [4.78, 5) is 0. The third-order valence-electron chi connectivity index (χ3n) is 2.51. The molecular weight excluding hydrogens is 219 g/mol. The maximum absolute atomic E-state index is 13.5. The van der Waals surface area contributed by atoms with Gasteiger partial charge in [0.2, 0.25) is 0 Å². The number of nitrogens with two attached hydrogens (primary N) is 1. The van der Waals surface area contributed by atoms with Gasteiger partial charge in [-0.05, 0) is 38.3 Å². The monoisotopic (exact) mass is 236 g/mol. The van der Waals surface area contributed by atoms with Crippen LogP contribution in [-0.4, -0.2) is 12.1 Å². The average molecular weight is 236 g/mol. The Hall–Kier alpha value is -1.60. The summed E-state index contributed by atoms with van der Waals surface area (Å²) >= 11 is 0. The Morgan fingerprint density at radius 3 is 2.88 bits per heavy atom. The zero-order valence-corrected chi connectivity index (χ0v) is 10.2. The second-order valence-corrected chi connectivity index (χ2v) is 4.37. The molecule has 1 rings (SSSR count). The minimum Gasteiger partial charge on any atom is -0.491 e. The predicted octanol–water partition coefficient (Wildman–Crippen LogP) is 2.53. The number of benzene rings is 1. The Labute approximate surface area is 101 Å². The van der Waals surface area contributed by atoms with Gasteiger partial charge in [0.1, 0.15) is 5.54 Å². The molecule has 0 heterocycles. The first-order chi connectivity index (χ1) is 7.96. The van der Waals surface area contributed by atoms with Gasteiger partial charge in [0.05, 0.1) is 12.7 Å². The fourth-order valence-corrected chi connectivity index (χ4v) is 1.41. The molecule has 4 heteroatoms. The lowest BCUT2D eigenvalue weighted by atomic mass is 10.00. The summed E-state index contributed by atoms with van der Waals surface area (Å²) in [6, 6.07) is 7.04. The molecule has 3 nitrogen and oxygen atoms in total. The normalized spacial score (nSPS) is 13.8. The first kappa shape index (κ1) is 13.5. The Balaban J connectivity index is 2.42. The van der Waals surface area contributed by atoms with E-state index in [1.54, 1.807) is 32.0 Å². The molecule has 1 aromatic carbocycles. The molecule has 0 radical (unpaired) electrons. The van der Waals surface area contributed by atoms with Crippen molar-refractivity contribution < 1.29 is 9.13 Å². The number of hydrogen-bond donors (Lipinski definition) is 1. The molecule has 1 aromatic rings. The molecular formula is C13H17FN2O. The van der Waals surface area contributed by atoms with Crippen LogP contribution in [0.4, 0.5) is 4.39 Å². The quantitative estimate of drug-likeness (QED) is 0.799. The molecule has 0 fully saturated rings. The zero-order chi connectivity index (χ0) is 12.9. The topological polar surface area (TPSA) is 59.0 Å². The van der Waals surface area contributed by atoms with Crippen molar-refractivity contribution in [2.45, 2.75) is 32.2 Å². The van der Waals surface area contributed by atoms with Crippen LogP contribution in [0, 0.1) is 24.1 Å². The van der Waals surface area contributed by atoms with Crippen LogP contribution in [-0.2, 0) is 0 Å². The zero-order valence-electron chi connectivity index (χ0n) is 10.2. The lowest BCUT2D eigenvalue weighted by molar-refractivity contribution is 0.282. The molecule has 0 spiro atoms. The highest BCUT2D eigenvalue weighted by atomic mass is 19.1. The van der Waals surface area contributed by atoms with Crippen molar-refractivity contribution in [1.29, 1.82) is 5.26 Å². The van der Waals surface area contributed by atoms with E-state index in [0.29, 0.717) is 25.0 Å². The van der Waals surface area contributed by atoms with Crippen molar-refractivity contribution in [2.75, 3.05) is 6.61 Å². The molecule has 0 aliphatic rings. The Morgan fingerprint density at radius 1 is 1.53 bits per heavy atom. The van der Waals surface area contributed by atoms with Crippen LogP contribution in [0.5, 0.6) is 5.75 Å². The molecule has 92 valence electrons. The number of hydrogen-bond acceptors (Lipinski definition) is 3. The first-order valence-electron chi connectivity index (χ1n) is 5.54. The van der Waals surface area contributed by atoms with E-state index in [2.05, 4.69) is 0 Å². The third-order valence-corrected chi connectivity index (χ3v) is 2.51. The van der Waals surface area contributed by atoms with Crippen molar-refractivity contribution in [3.8, 4) is 11.8 Å². The van der Waals surface area contributed by atoms with Crippen molar-refractivity contribution in [2.24, 2.45) is 5.73 Å². The van der Waals surface area contributed by atoms with E-state index in [1.165, 1.54) is 0 Å². The van der Waals surface area contributed by atoms with Crippen LogP contribution in [0.3, 0.4) is 0 Å². The Morgan fingerprint density at radius 2 is 2.24 bits per heavy atom. The predicted molar refractivity (Wildman–Crippen MR) is 64.1 cm³/mol. The van der Waals surface area contributed by atoms with E-state index in [4.69, 9.17) is 15.7 Å². The molecule has 2 N–H and O–H groups in total. The van der Waals surface area contributed by atoms with Crippen LogP contribution < -0.4 is 10.5 Å². The molecule has 0 aromatic heterocycles. The largest absolute Gasteiger partial charge is 0.491 e. The summed E-state index contributed by atoms with van der Waals surface area (Å²) in [6.45, 7) is 3.71. The SMILES string of the molecule is Cc1cccc(OCCCC(C)(N)C#N)c1F. The molecule has 0 saturated carbocycles. The van der Waals surface area contributed by atoms with E-state index >= 15 is 0 Å². The fraction of sp³-hybridized carbons (Fsp3) is 0.462. The number of rotatable bonds is 5. The summed E-state index contributed by atoms with van der Waals surface area (Å²) in [6.07, 6.45) is 1.14. The molecule has 17 heavy (non-hydrogen) atoms. The highest BCUT2D eigenvalue weighted by Crippen LogP contribution is 2.20. The molecule has 0 aliphatic heterocycles. The van der Waals surface area contributed by atoms with Gasteiger partial charge in [-0.1, -0.05) is 12.1 Å². The maximum Gasteiger partial charge on any atom is 0.167 e. The Bertz CT molecular complexity index is 424. The van der Waals surface area contributed by atoms with Gasteiger partial charge in [0.25, 0.3) is 0 Å². The standard InChI is InChI=1S/C13H17FN2O/c1-10-5-3-6-11(12(10)14)17-8-4-7-13(2,16)9-15/h3,5-6H,4,7-8,16H2,1-2H3. The molecule has 0 saturated heterocycles. The maximum atomic E-state index is 13.5. The van der Waals surface area contributed by atoms with Gasteiger partial charge in [-0.3, -0.25) is 0 Å². The van der Waals surface area contributed by atoms with E-state index in [1.807, 2.05) is 6.07 Å². The summed E-state index contributed by atoms with van der Waals surface area (Å²) in [5.41, 5.74) is 5.38. The minimum absolute atomic E-state index is 0.251. The summed E-state index contributed by atoms with van der Waals surface area (Å²) < 4.78 is 18.8. The van der Waals surface area contributed by atoms with Crippen LogP contribution in [0.25, 0.3) is 0 Å². The van der Waals surface area contributed by atoms with Crippen molar-refractivity contribution in [1.82, 2.24) is 0 Å². The number of nitriles is 1. The summed E-state index contributed by atoms with van der Waals surface area (Å²) in [5.74, 6) is -0.0797. The van der Waals surface area contributed by atoms with Gasteiger partial charge in [-0.2, -0.15) is 5.26 Å². The minimum atomic E-state index is -0.839. The molecule has 0 aliphatic carbocycles. The average Bonchev–Trinajstić information content (AvgIpc) is 2.30. The second-order valence-electron chi connectivity index (χ2n) is 4.37. The van der Waals surface area contributed by atoms with Crippen molar-refractivity contribution >= 4 is 0 Å². The van der Waals surface area contributed by atoms with Gasteiger partial charge in [-0.15, -0.1) is 0 Å². The lowest BCUT2D eigenvalue weighted by Gasteiger charge is -2.15. The van der Waals surface area contributed by atoms with Gasteiger partial charge in [0, 0.05) is 0 Å². The molecule has 1 atom stereocenters. The van der Waals surface area contributed by atoms with Gasteiger partial charge >= 0.3 is 0 Å². The summed E-state index contributed by atoms with van der Waals surface area (Å²) in [7, 11) is 0. The van der Waals surface area contributed by atoms with Gasteiger partial charge in [-0.25, -0.2) is 4.39 Å². The van der Waals surface area contributed by atoms with E-state index in [9.17, 15) is 4.39 Å². The van der Waals surface area contributed by atoms with Crippen molar-refractivity contribution in [3.05, 3.63) is 29.6 Å². The second kappa shape index (κ2) is 5.65. The van der Waals surface area contributed by atoms with Gasteiger partial charge in [0.15, 0.2) is 11.6 Å². The first-order valence-corrected chi connectivity index (χ1v) is 5.54. The number of ether oxygens (including phenoxy) is 1. The third kappa shape index (κ3) is 4.04. The van der Waals surface area contributed by atoms with Crippen LogP contribution >= 0.6 is 0 Å². The van der Waals surface area contributed by atoms with E-state index < -0.39 is 5.54 Å². The fourth-order valence-electron chi connectivity index (χ4n) is 1.41. The van der Waals surface area contributed by atoms with Crippen LogP contribution in [0.15, 0.2) is 18.2 Å².